The molecule has 0 spiro atoms. The Labute approximate surface area is 154 Å². The van der Waals surface area contributed by atoms with E-state index in [9.17, 15) is 9.59 Å². The van der Waals surface area contributed by atoms with Crippen LogP contribution >= 0.6 is 11.3 Å². The summed E-state index contributed by atoms with van der Waals surface area (Å²) in [4.78, 5) is 34.7. The van der Waals surface area contributed by atoms with Crippen LogP contribution in [0.25, 0.3) is 10.6 Å². The molecule has 26 heavy (non-hydrogen) atoms. The monoisotopic (exact) mass is 364 g/mol. The van der Waals surface area contributed by atoms with Gasteiger partial charge in [0, 0.05) is 17.1 Å². The van der Waals surface area contributed by atoms with Gasteiger partial charge in [0.05, 0.1) is 29.7 Å². The number of carbonyl (C=O) groups is 2. The normalized spacial score (nSPS) is 13.3. The van der Waals surface area contributed by atoms with Crippen molar-refractivity contribution in [2.24, 2.45) is 0 Å². The summed E-state index contributed by atoms with van der Waals surface area (Å²) in [5.74, 6) is -0.384. The number of rotatable bonds is 3. The highest BCUT2D eigenvalue weighted by Crippen LogP contribution is 2.29. The van der Waals surface area contributed by atoms with E-state index in [-0.39, 0.29) is 24.8 Å². The molecule has 130 valence electrons. The Morgan fingerprint density at radius 2 is 2.08 bits per heavy atom. The molecule has 3 heterocycles. The molecule has 3 aromatic rings. The van der Waals surface area contributed by atoms with Crippen molar-refractivity contribution in [3.8, 4) is 10.6 Å². The molecule has 4 rings (SSSR count). The lowest BCUT2D eigenvalue weighted by Crippen LogP contribution is -2.42. The van der Waals surface area contributed by atoms with Crippen LogP contribution in [0.3, 0.4) is 0 Å². The highest BCUT2D eigenvalue weighted by molar-refractivity contribution is 7.13. The molecule has 0 aliphatic carbocycles. The molecule has 7 heteroatoms. The number of nitrogens with zero attached hydrogens (tertiary/aromatic N) is 3. The predicted octanol–water partition coefficient (Wildman–Crippen LogP) is 3.04. The van der Waals surface area contributed by atoms with E-state index in [0.29, 0.717) is 17.1 Å². The standard InChI is InChI=1S/C19H16N4O2S/c1-12-2-4-13(5-3-12)19-21-14(11-26-19)8-18(25)23-10-17(24)22-15-9-20-7-6-16(15)23/h2-7,9,11H,8,10H2,1H3,(H,22,24). The second-order valence-corrected chi connectivity index (χ2v) is 6.97. The first-order valence-corrected chi connectivity index (χ1v) is 9.04. The average molecular weight is 364 g/mol. The Morgan fingerprint density at radius 1 is 1.27 bits per heavy atom. The number of aromatic nitrogens is 2. The van der Waals surface area contributed by atoms with E-state index in [1.54, 1.807) is 18.5 Å². The molecule has 0 saturated heterocycles. The number of fused-ring (bicyclic) bond motifs is 1. The van der Waals surface area contributed by atoms with Crippen molar-refractivity contribution in [3.63, 3.8) is 0 Å². The zero-order valence-electron chi connectivity index (χ0n) is 14.1. The van der Waals surface area contributed by atoms with Crippen LogP contribution in [0.1, 0.15) is 11.3 Å². The summed E-state index contributed by atoms with van der Waals surface area (Å²) in [6.45, 7) is 2.04. The Balaban J connectivity index is 1.54. The third-order valence-electron chi connectivity index (χ3n) is 4.15. The van der Waals surface area contributed by atoms with Crippen molar-refractivity contribution in [1.82, 2.24) is 9.97 Å². The van der Waals surface area contributed by atoms with Gasteiger partial charge in [0.1, 0.15) is 11.6 Å². The van der Waals surface area contributed by atoms with Gasteiger partial charge >= 0.3 is 0 Å². The quantitative estimate of drug-likeness (QED) is 0.775. The van der Waals surface area contributed by atoms with E-state index in [0.717, 1.165) is 10.6 Å². The van der Waals surface area contributed by atoms with Crippen molar-refractivity contribution in [1.29, 1.82) is 0 Å². The fourth-order valence-corrected chi connectivity index (χ4v) is 3.65. The lowest BCUT2D eigenvalue weighted by atomic mass is 10.1. The van der Waals surface area contributed by atoms with Crippen LogP contribution in [-0.4, -0.2) is 28.3 Å². The zero-order valence-corrected chi connectivity index (χ0v) is 14.9. The van der Waals surface area contributed by atoms with Gasteiger partial charge in [-0.2, -0.15) is 0 Å². The maximum atomic E-state index is 12.8. The zero-order chi connectivity index (χ0) is 18.1. The minimum absolute atomic E-state index is 0.00476. The van der Waals surface area contributed by atoms with E-state index in [4.69, 9.17) is 0 Å². The number of anilines is 2. The molecule has 0 radical (unpaired) electrons. The number of nitrogens with one attached hydrogen (secondary N) is 1. The molecule has 1 aliphatic heterocycles. The minimum Gasteiger partial charge on any atom is -0.321 e. The summed E-state index contributed by atoms with van der Waals surface area (Å²) in [5.41, 5.74) is 4.15. The molecule has 0 saturated carbocycles. The first-order chi connectivity index (χ1) is 12.6. The maximum absolute atomic E-state index is 12.8. The fraction of sp³-hybridized carbons (Fsp3) is 0.158. The van der Waals surface area contributed by atoms with E-state index >= 15 is 0 Å². The van der Waals surface area contributed by atoms with Crippen LogP contribution in [0.15, 0.2) is 48.1 Å². The Kier molecular flexibility index (Phi) is 4.22. The van der Waals surface area contributed by atoms with Crippen LogP contribution in [0, 0.1) is 6.92 Å². The van der Waals surface area contributed by atoms with Crippen molar-refractivity contribution in [2.75, 3.05) is 16.8 Å². The summed E-state index contributed by atoms with van der Waals surface area (Å²) in [6, 6.07) is 9.86. The molecule has 0 fully saturated rings. The van der Waals surface area contributed by atoms with Gasteiger partial charge in [0.25, 0.3) is 0 Å². The molecule has 2 aromatic heterocycles. The molecule has 1 aliphatic rings. The topological polar surface area (TPSA) is 75.2 Å². The molecule has 0 unspecified atom stereocenters. The van der Waals surface area contributed by atoms with Gasteiger partial charge in [0.2, 0.25) is 11.8 Å². The molecule has 0 bridgehead atoms. The SMILES string of the molecule is Cc1ccc(-c2nc(CC(=O)N3CC(=O)Nc4cnccc43)cs2)cc1. The third-order valence-corrected chi connectivity index (χ3v) is 5.09. The smallest absolute Gasteiger partial charge is 0.244 e. The number of carbonyl (C=O) groups excluding carboxylic acids is 2. The number of hydrogen-bond donors (Lipinski definition) is 1. The predicted molar refractivity (Wildman–Crippen MR) is 101 cm³/mol. The summed E-state index contributed by atoms with van der Waals surface area (Å²) < 4.78 is 0. The number of hydrogen-bond acceptors (Lipinski definition) is 5. The lowest BCUT2D eigenvalue weighted by molar-refractivity contribution is -0.121. The molecule has 2 amide bonds. The van der Waals surface area contributed by atoms with Crippen molar-refractivity contribution in [2.45, 2.75) is 13.3 Å². The van der Waals surface area contributed by atoms with Crippen LogP contribution in [0.5, 0.6) is 0 Å². The lowest BCUT2D eigenvalue weighted by Gasteiger charge is -2.28. The third kappa shape index (κ3) is 3.21. The summed E-state index contributed by atoms with van der Waals surface area (Å²) in [5, 5.41) is 5.51. The number of benzene rings is 1. The summed E-state index contributed by atoms with van der Waals surface area (Å²) >= 11 is 1.51. The average Bonchev–Trinajstić information content (AvgIpc) is 3.10. The Hall–Kier alpha value is -3.06. The highest BCUT2D eigenvalue weighted by Gasteiger charge is 2.27. The Morgan fingerprint density at radius 3 is 2.88 bits per heavy atom. The fourth-order valence-electron chi connectivity index (χ4n) is 2.83. The number of thiazole rings is 1. The largest absolute Gasteiger partial charge is 0.321 e. The van der Waals surface area contributed by atoms with Gasteiger partial charge in [0.15, 0.2) is 0 Å². The molecular weight excluding hydrogens is 348 g/mol. The van der Waals surface area contributed by atoms with Gasteiger partial charge in [-0.25, -0.2) is 4.98 Å². The second-order valence-electron chi connectivity index (χ2n) is 6.11. The second kappa shape index (κ2) is 6.68. The van der Waals surface area contributed by atoms with Gasteiger partial charge < -0.3 is 10.2 Å². The van der Waals surface area contributed by atoms with Gasteiger partial charge in [-0.15, -0.1) is 11.3 Å². The number of amides is 2. The Bertz CT molecular complexity index is 981. The van der Waals surface area contributed by atoms with Crippen molar-refractivity contribution in [3.05, 3.63) is 59.4 Å². The van der Waals surface area contributed by atoms with Crippen LogP contribution in [0.2, 0.25) is 0 Å². The van der Waals surface area contributed by atoms with E-state index in [1.807, 2.05) is 36.6 Å². The first kappa shape index (κ1) is 16.4. The molecule has 1 aromatic carbocycles. The van der Waals surface area contributed by atoms with Crippen LogP contribution in [-0.2, 0) is 16.0 Å². The van der Waals surface area contributed by atoms with Crippen LogP contribution < -0.4 is 10.2 Å². The molecule has 1 N–H and O–H groups in total. The van der Waals surface area contributed by atoms with Crippen LogP contribution in [0.4, 0.5) is 11.4 Å². The van der Waals surface area contributed by atoms with Gasteiger partial charge in [-0.3, -0.25) is 14.6 Å². The highest BCUT2D eigenvalue weighted by atomic mass is 32.1. The number of pyridine rings is 1. The molecule has 0 atom stereocenters. The maximum Gasteiger partial charge on any atom is 0.244 e. The van der Waals surface area contributed by atoms with E-state index in [1.165, 1.54) is 21.8 Å². The summed E-state index contributed by atoms with van der Waals surface area (Å²) in [7, 11) is 0. The number of aryl methyl sites for hydroxylation is 1. The van der Waals surface area contributed by atoms with Crippen molar-refractivity contribution < 1.29 is 9.59 Å². The van der Waals surface area contributed by atoms with Crippen molar-refractivity contribution >= 4 is 34.5 Å². The van der Waals surface area contributed by atoms with Gasteiger partial charge in [-0.05, 0) is 13.0 Å². The minimum atomic E-state index is -0.225. The molecule has 6 nitrogen and oxygen atoms in total. The van der Waals surface area contributed by atoms with E-state index in [2.05, 4.69) is 15.3 Å². The van der Waals surface area contributed by atoms with Gasteiger partial charge in [-0.1, -0.05) is 29.8 Å². The van der Waals surface area contributed by atoms with E-state index < -0.39 is 0 Å². The first-order valence-electron chi connectivity index (χ1n) is 8.16. The summed E-state index contributed by atoms with van der Waals surface area (Å²) in [6.07, 6.45) is 3.30. The molecular formula is C19H16N4O2S.